The van der Waals surface area contributed by atoms with Crippen molar-refractivity contribution in [3.8, 4) is 0 Å². The molecular formula is C15H26ClNO. The van der Waals surface area contributed by atoms with E-state index in [1.54, 1.807) is 0 Å². The number of rotatable bonds is 3. The van der Waals surface area contributed by atoms with Crippen LogP contribution in [0.15, 0.2) is 0 Å². The van der Waals surface area contributed by atoms with Crippen LogP contribution in [0.1, 0.15) is 65.2 Å². The maximum atomic E-state index is 12.5. The Labute approximate surface area is 116 Å². The molecule has 18 heavy (non-hydrogen) atoms. The lowest BCUT2D eigenvalue weighted by Gasteiger charge is -2.38. The Balaban J connectivity index is 2.01. The fourth-order valence-corrected chi connectivity index (χ4v) is 4.02. The molecule has 2 nitrogen and oxygen atoms in total. The number of carbonyl (C=O) groups excluding carboxylic acids is 1. The molecule has 1 unspecified atom stereocenters. The Morgan fingerprint density at radius 3 is 2.33 bits per heavy atom. The summed E-state index contributed by atoms with van der Waals surface area (Å²) >= 11 is 6.14. The van der Waals surface area contributed by atoms with Gasteiger partial charge in [-0.3, -0.25) is 4.79 Å². The first kappa shape index (κ1) is 14.2. The summed E-state index contributed by atoms with van der Waals surface area (Å²) < 4.78 is 0. The molecule has 0 radical (unpaired) electrons. The Morgan fingerprint density at radius 1 is 1.17 bits per heavy atom. The molecular weight excluding hydrogens is 246 g/mol. The summed E-state index contributed by atoms with van der Waals surface area (Å²) in [4.78, 5) is 12.5. The average Bonchev–Trinajstić information content (AvgIpc) is 2.70. The minimum atomic E-state index is -0.116. The van der Waals surface area contributed by atoms with E-state index in [1.165, 1.54) is 32.1 Å². The predicted octanol–water partition coefficient (Wildman–Crippen LogP) is 3.87. The lowest BCUT2D eigenvalue weighted by atomic mass is 9.79. The fraction of sp³-hybridized carbons (Fsp3) is 0.933. The summed E-state index contributed by atoms with van der Waals surface area (Å²) in [6, 6.07) is 0. The van der Waals surface area contributed by atoms with Crippen molar-refractivity contribution in [2.45, 2.75) is 70.8 Å². The summed E-state index contributed by atoms with van der Waals surface area (Å²) in [5.41, 5.74) is 0.0435. The molecule has 2 aliphatic rings. The highest BCUT2D eigenvalue weighted by Gasteiger charge is 2.42. The molecule has 104 valence electrons. The van der Waals surface area contributed by atoms with Gasteiger partial charge in [0.15, 0.2) is 0 Å². The highest BCUT2D eigenvalue weighted by atomic mass is 35.5. The number of alkyl halides is 1. The van der Waals surface area contributed by atoms with E-state index < -0.39 is 0 Å². The second-order valence-corrected chi connectivity index (χ2v) is 7.16. The molecule has 2 rings (SSSR count). The smallest absolute Gasteiger partial charge is 0.224 e. The van der Waals surface area contributed by atoms with Crippen molar-refractivity contribution in [2.24, 2.45) is 11.3 Å². The van der Waals surface area contributed by atoms with Gasteiger partial charge in [-0.1, -0.05) is 39.5 Å². The van der Waals surface area contributed by atoms with E-state index in [-0.39, 0.29) is 22.8 Å². The molecule has 2 aliphatic carbocycles. The molecule has 0 bridgehead atoms. The summed E-state index contributed by atoms with van der Waals surface area (Å²) in [6.07, 6.45) is 9.16. The van der Waals surface area contributed by atoms with Crippen LogP contribution in [-0.4, -0.2) is 17.3 Å². The van der Waals surface area contributed by atoms with Gasteiger partial charge in [-0.2, -0.15) is 0 Å². The van der Waals surface area contributed by atoms with Gasteiger partial charge in [0.2, 0.25) is 5.91 Å². The molecule has 0 spiro atoms. The minimum Gasteiger partial charge on any atom is -0.349 e. The van der Waals surface area contributed by atoms with Gasteiger partial charge < -0.3 is 5.32 Å². The number of nitrogens with one attached hydrogen (secondary N) is 1. The van der Waals surface area contributed by atoms with Gasteiger partial charge in [0, 0.05) is 11.8 Å². The SMILES string of the molecule is CC1(C)CCCC1C(=O)NC1(CCl)CCCCC1. The first-order valence-corrected chi connectivity index (χ1v) is 7.91. The zero-order valence-electron chi connectivity index (χ0n) is 11.7. The largest absolute Gasteiger partial charge is 0.349 e. The van der Waals surface area contributed by atoms with Gasteiger partial charge in [-0.05, 0) is 31.1 Å². The maximum absolute atomic E-state index is 12.5. The van der Waals surface area contributed by atoms with Crippen molar-refractivity contribution in [1.82, 2.24) is 5.32 Å². The third kappa shape index (κ3) is 2.84. The summed E-state index contributed by atoms with van der Waals surface area (Å²) in [5, 5.41) is 3.31. The summed E-state index contributed by atoms with van der Waals surface area (Å²) in [7, 11) is 0. The van der Waals surface area contributed by atoms with E-state index in [1.807, 2.05) is 0 Å². The van der Waals surface area contributed by atoms with E-state index in [0.717, 1.165) is 19.3 Å². The minimum absolute atomic E-state index is 0.116. The third-order valence-corrected chi connectivity index (χ3v) is 5.54. The van der Waals surface area contributed by atoms with E-state index in [4.69, 9.17) is 11.6 Å². The molecule has 0 aromatic rings. The average molecular weight is 272 g/mol. The summed E-state index contributed by atoms with van der Waals surface area (Å²) in [5.74, 6) is 0.992. The molecule has 0 aromatic heterocycles. The van der Waals surface area contributed by atoms with Crippen LogP contribution >= 0.6 is 11.6 Å². The monoisotopic (exact) mass is 271 g/mol. The van der Waals surface area contributed by atoms with Crippen LogP contribution in [-0.2, 0) is 4.79 Å². The van der Waals surface area contributed by atoms with Crippen LogP contribution in [0.4, 0.5) is 0 Å². The van der Waals surface area contributed by atoms with Crippen LogP contribution in [0.3, 0.4) is 0 Å². The second-order valence-electron chi connectivity index (χ2n) is 6.90. The van der Waals surface area contributed by atoms with Crippen LogP contribution in [0.2, 0.25) is 0 Å². The molecule has 2 fully saturated rings. The lowest BCUT2D eigenvalue weighted by Crippen LogP contribution is -2.54. The highest BCUT2D eigenvalue weighted by molar-refractivity contribution is 6.18. The van der Waals surface area contributed by atoms with Gasteiger partial charge in [-0.15, -0.1) is 11.6 Å². The maximum Gasteiger partial charge on any atom is 0.224 e. The van der Waals surface area contributed by atoms with Crippen molar-refractivity contribution >= 4 is 17.5 Å². The Kier molecular flexibility index (Phi) is 4.25. The molecule has 0 aliphatic heterocycles. The Morgan fingerprint density at radius 2 is 1.83 bits per heavy atom. The zero-order chi connectivity index (χ0) is 13.2. The van der Waals surface area contributed by atoms with Gasteiger partial charge in [0.25, 0.3) is 0 Å². The van der Waals surface area contributed by atoms with Crippen molar-refractivity contribution in [3.05, 3.63) is 0 Å². The van der Waals surface area contributed by atoms with Gasteiger partial charge in [0.1, 0.15) is 0 Å². The standard InChI is InChI=1S/C15H26ClNO/c1-14(2)8-6-7-12(14)13(18)17-15(11-16)9-4-3-5-10-15/h12H,3-11H2,1-2H3,(H,17,18). The van der Waals surface area contributed by atoms with Gasteiger partial charge in [0.05, 0.1) is 5.54 Å². The number of halogens is 1. The topological polar surface area (TPSA) is 29.1 Å². The predicted molar refractivity (Wildman–Crippen MR) is 75.8 cm³/mol. The molecule has 1 atom stereocenters. The van der Waals surface area contributed by atoms with E-state index in [9.17, 15) is 4.79 Å². The number of hydrogen-bond acceptors (Lipinski definition) is 1. The molecule has 3 heteroatoms. The Bertz CT molecular complexity index is 308. The van der Waals surface area contributed by atoms with Crippen LogP contribution in [0.5, 0.6) is 0 Å². The highest BCUT2D eigenvalue weighted by Crippen LogP contribution is 2.43. The molecule has 0 saturated heterocycles. The quantitative estimate of drug-likeness (QED) is 0.776. The van der Waals surface area contributed by atoms with Crippen LogP contribution < -0.4 is 5.32 Å². The summed E-state index contributed by atoms with van der Waals surface area (Å²) in [6.45, 7) is 4.44. The normalized spacial score (nSPS) is 30.1. The van der Waals surface area contributed by atoms with Crippen molar-refractivity contribution in [2.75, 3.05) is 5.88 Å². The van der Waals surface area contributed by atoms with Crippen molar-refractivity contribution in [1.29, 1.82) is 0 Å². The zero-order valence-corrected chi connectivity index (χ0v) is 12.5. The third-order valence-electron chi connectivity index (χ3n) is 5.03. The lowest BCUT2D eigenvalue weighted by molar-refractivity contribution is -0.129. The second kappa shape index (κ2) is 5.40. The van der Waals surface area contributed by atoms with E-state index >= 15 is 0 Å². The van der Waals surface area contributed by atoms with Crippen molar-refractivity contribution in [3.63, 3.8) is 0 Å². The van der Waals surface area contributed by atoms with Crippen LogP contribution in [0.25, 0.3) is 0 Å². The van der Waals surface area contributed by atoms with Crippen molar-refractivity contribution < 1.29 is 4.79 Å². The number of hydrogen-bond donors (Lipinski definition) is 1. The molecule has 0 aromatic carbocycles. The fourth-order valence-electron chi connectivity index (χ4n) is 3.68. The Hall–Kier alpha value is -0.240. The number of carbonyl (C=O) groups is 1. The first-order chi connectivity index (χ1) is 8.49. The van der Waals surface area contributed by atoms with E-state index in [0.29, 0.717) is 5.88 Å². The van der Waals surface area contributed by atoms with E-state index in [2.05, 4.69) is 19.2 Å². The first-order valence-electron chi connectivity index (χ1n) is 7.37. The molecule has 1 amide bonds. The molecule has 2 saturated carbocycles. The molecule has 0 heterocycles. The van der Waals surface area contributed by atoms with Gasteiger partial charge >= 0.3 is 0 Å². The molecule has 1 N–H and O–H groups in total. The van der Waals surface area contributed by atoms with Crippen LogP contribution in [0, 0.1) is 11.3 Å². The number of amides is 1. The van der Waals surface area contributed by atoms with Gasteiger partial charge in [-0.25, -0.2) is 0 Å².